The zero-order valence-electron chi connectivity index (χ0n) is 9.56. The average molecular weight is 210 g/mol. The van der Waals surface area contributed by atoms with Gasteiger partial charge < -0.3 is 4.74 Å². The lowest BCUT2D eigenvalue weighted by atomic mass is 10.1. The second-order valence-electron chi connectivity index (χ2n) is 3.45. The normalized spacial score (nSPS) is 12.7. The smallest absolute Gasteiger partial charge is 0.194 e. The van der Waals surface area contributed by atoms with E-state index in [0.29, 0.717) is 12.2 Å². The molecule has 0 radical (unpaired) electrons. The van der Waals surface area contributed by atoms with Gasteiger partial charge in [0.15, 0.2) is 5.78 Å². The molecule has 4 nitrogen and oxygen atoms in total. The quantitative estimate of drug-likeness (QED) is 0.673. The topological polar surface area (TPSA) is 44.1 Å². The molecule has 1 aromatic heterocycles. The van der Waals surface area contributed by atoms with Gasteiger partial charge in [-0.15, -0.1) is 0 Å². The van der Waals surface area contributed by atoms with E-state index in [-0.39, 0.29) is 11.9 Å². The highest BCUT2D eigenvalue weighted by atomic mass is 16.5. The van der Waals surface area contributed by atoms with Gasteiger partial charge in [0.2, 0.25) is 0 Å². The highest BCUT2D eigenvalue weighted by Crippen LogP contribution is 2.05. The number of aryl methyl sites for hydroxylation is 1. The average Bonchev–Trinajstić information content (AvgIpc) is 2.66. The van der Waals surface area contributed by atoms with Gasteiger partial charge in [0, 0.05) is 19.3 Å². The molecule has 4 heteroatoms. The Labute approximate surface area is 90.2 Å². The van der Waals surface area contributed by atoms with Gasteiger partial charge in [-0.05, 0) is 20.3 Å². The van der Waals surface area contributed by atoms with Crippen molar-refractivity contribution in [3.05, 3.63) is 18.0 Å². The first-order chi connectivity index (χ1) is 7.19. The number of aromatic nitrogens is 2. The maximum Gasteiger partial charge on any atom is 0.194 e. The molecule has 1 unspecified atom stereocenters. The minimum Gasteiger partial charge on any atom is -0.371 e. The molecule has 0 aliphatic rings. The number of ketones is 1. The van der Waals surface area contributed by atoms with Gasteiger partial charge in [-0.1, -0.05) is 6.92 Å². The van der Waals surface area contributed by atoms with Crippen molar-refractivity contribution in [1.82, 2.24) is 9.78 Å². The number of hydrogen-bond donors (Lipinski definition) is 0. The van der Waals surface area contributed by atoms with Crippen molar-refractivity contribution in [1.29, 1.82) is 0 Å². The summed E-state index contributed by atoms with van der Waals surface area (Å²) >= 11 is 0. The zero-order chi connectivity index (χ0) is 11.3. The molecule has 0 saturated carbocycles. The fourth-order valence-electron chi connectivity index (χ4n) is 1.40. The Balaban J connectivity index is 2.65. The number of rotatable bonds is 6. The zero-order valence-corrected chi connectivity index (χ0v) is 9.56. The second-order valence-corrected chi connectivity index (χ2v) is 3.45. The maximum atomic E-state index is 11.8. The third-order valence-corrected chi connectivity index (χ3v) is 2.16. The van der Waals surface area contributed by atoms with Gasteiger partial charge in [-0.2, -0.15) is 5.10 Å². The number of Topliss-reactive ketones (excluding diaryl/α,β-unsaturated/α-hetero) is 1. The number of nitrogens with zero attached hydrogens (tertiary/aromatic N) is 2. The van der Waals surface area contributed by atoms with Gasteiger partial charge in [-0.25, -0.2) is 0 Å². The van der Waals surface area contributed by atoms with E-state index in [0.717, 1.165) is 13.0 Å². The molecule has 1 atom stereocenters. The summed E-state index contributed by atoms with van der Waals surface area (Å²) in [4.78, 5) is 11.8. The standard InChI is InChI=1S/C11H18N2O2/c1-4-6-13-8-10(7-12-13)11(14)9(3)15-5-2/h7-9H,4-6H2,1-3H3. The number of carbonyl (C=O) groups excluding carboxylic acids is 1. The van der Waals surface area contributed by atoms with Crippen LogP contribution in [-0.2, 0) is 11.3 Å². The van der Waals surface area contributed by atoms with Crippen LogP contribution in [0, 0.1) is 0 Å². The molecule has 1 aromatic rings. The van der Waals surface area contributed by atoms with E-state index < -0.39 is 0 Å². The summed E-state index contributed by atoms with van der Waals surface area (Å²) in [5.41, 5.74) is 0.629. The Morgan fingerprint density at radius 1 is 1.60 bits per heavy atom. The van der Waals surface area contributed by atoms with Crippen molar-refractivity contribution in [3.8, 4) is 0 Å². The summed E-state index contributed by atoms with van der Waals surface area (Å²) in [7, 11) is 0. The summed E-state index contributed by atoms with van der Waals surface area (Å²) in [6.07, 6.45) is 4.01. The van der Waals surface area contributed by atoms with Crippen LogP contribution in [0.15, 0.2) is 12.4 Å². The highest BCUT2D eigenvalue weighted by molar-refractivity contribution is 5.98. The monoisotopic (exact) mass is 210 g/mol. The molecule has 0 bridgehead atoms. The van der Waals surface area contributed by atoms with Crippen molar-refractivity contribution in [3.63, 3.8) is 0 Å². The van der Waals surface area contributed by atoms with Crippen LogP contribution in [0.3, 0.4) is 0 Å². The van der Waals surface area contributed by atoms with Gasteiger partial charge in [-0.3, -0.25) is 9.48 Å². The number of carbonyl (C=O) groups is 1. The molecule has 0 aliphatic carbocycles. The molecule has 0 amide bonds. The third-order valence-electron chi connectivity index (χ3n) is 2.16. The maximum absolute atomic E-state index is 11.8. The predicted molar refractivity (Wildman–Crippen MR) is 57.9 cm³/mol. The van der Waals surface area contributed by atoms with Crippen molar-refractivity contribution in [2.24, 2.45) is 0 Å². The molecule has 0 N–H and O–H groups in total. The van der Waals surface area contributed by atoms with Crippen LogP contribution in [0.1, 0.15) is 37.6 Å². The van der Waals surface area contributed by atoms with Gasteiger partial charge in [0.1, 0.15) is 6.10 Å². The van der Waals surface area contributed by atoms with Crippen molar-refractivity contribution < 1.29 is 9.53 Å². The largest absolute Gasteiger partial charge is 0.371 e. The number of hydrogen-bond acceptors (Lipinski definition) is 3. The molecular formula is C11H18N2O2. The molecule has 0 aromatic carbocycles. The number of ether oxygens (including phenoxy) is 1. The molecule has 0 spiro atoms. The van der Waals surface area contributed by atoms with Gasteiger partial charge >= 0.3 is 0 Å². The van der Waals surface area contributed by atoms with E-state index in [1.807, 2.05) is 6.92 Å². The van der Waals surface area contributed by atoms with Crippen molar-refractivity contribution in [2.45, 2.75) is 39.8 Å². The minimum atomic E-state index is -0.380. The first-order valence-corrected chi connectivity index (χ1v) is 5.37. The molecule has 1 heterocycles. The van der Waals surface area contributed by atoms with Crippen LogP contribution < -0.4 is 0 Å². The fourth-order valence-corrected chi connectivity index (χ4v) is 1.40. The Morgan fingerprint density at radius 3 is 2.93 bits per heavy atom. The fraction of sp³-hybridized carbons (Fsp3) is 0.636. The Kier molecular flexibility index (Phi) is 4.49. The first kappa shape index (κ1) is 11.9. The minimum absolute atomic E-state index is 0.000738. The Morgan fingerprint density at radius 2 is 2.33 bits per heavy atom. The second kappa shape index (κ2) is 5.66. The van der Waals surface area contributed by atoms with E-state index in [1.54, 1.807) is 24.0 Å². The molecule has 84 valence electrons. The van der Waals surface area contributed by atoms with Gasteiger partial charge in [0.25, 0.3) is 0 Å². The van der Waals surface area contributed by atoms with Crippen LogP contribution in [0.2, 0.25) is 0 Å². The first-order valence-electron chi connectivity index (χ1n) is 5.37. The lowest BCUT2D eigenvalue weighted by Gasteiger charge is -2.08. The molecule has 0 aliphatic heterocycles. The highest BCUT2D eigenvalue weighted by Gasteiger charge is 2.16. The summed E-state index contributed by atoms with van der Waals surface area (Å²) in [6.45, 7) is 7.12. The summed E-state index contributed by atoms with van der Waals surface area (Å²) in [5, 5.41) is 4.11. The Hall–Kier alpha value is -1.16. The van der Waals surface area contributed by atoms with E-state index in [1.165, 1.54) is 0 Å². The van der Waals surface area contributed by atoms with Crippen molar-refractivity contribution in [2.75, 3.05) is 6.61 Å². The van der Waals surface area contributed by atoms with E-state index in [9.17, 15) is 4.79 Å². The summed E-state index contributed by atoms with van der Waals surface area (Å²) in [6, 6.07) is 0. The van der Waals surface area contributed by atoms with Crippen LogP contribution in [0.5, 0.6) is 0 Å². The molecule has 0 saturated heterocycles. The molecular weight excluding hydrogens is 192 g/mol. The van der Waals surface area contributed by atoms with Crippen LogP contribution in [-0.4, -0.2) is 28.3 Å². The van der Waals surface area contributed by atoms with Crippen LogP contribution in [0.4, 0.5) is 0 Å². The lowest BCUT2D eigenvalue weighted by molar-refractivity contribution is 0.0520. The van der Waals surface area contributed by atoms with Crippen LogP contribution >= 0.6 is 0 Å². The van der Waals surface area contributed by atoms with Crippen molar-refractivity contribution >= 4 is 5.78 Å². The summed E-state index contributed by atoms with van der Waals surface area (Å²) in [5.74, 6) is -0.000738. The van der Waals surface area contributed by atoms with E-state index >= 15 is 0 Å². The van der Waals surface area contributed by atoms with E-state index in [4.69, 9.17) is 4.74 Å². The van der Waals surface area contributed by atoms with Crippen LogP contribution in [0.25, 0.3) is 0 Å². The molecule has 15 heavy (non-hydrogen) atoms. The Bertz CT molecular complexity index is 320. The summed E-state index contributed by atoms with van der Waals surface area (Å²) < 4.78 is 7.02. The SMILES string of the molecule is CCCn1cc(C(=O)C(C)OCC)cn1. The van der Waals surface area contributed by atoms with Gasteiger partial charge in [0.05, 0.1) is 11.8 Å². The third kappa shape index (κ3) is 3.16. The molecule has 0 fully saturated rings. The molecule has 1 rings (SSSR count). The lowest BCUT2D eigenvalue weighted by Crippen LogP contribution is -2.20. The van der Waals surface area contributed by atoms with E-state index in [2.05, 4.69) is 12.0 Å². The predicted octanol–water partition coefficient (Wildman–Crippen LogP) is 1.90.